The number of pyridine rings is 1. The van der Waals surface area contributed by atoms with Crippen LogP contribution in [0.1, 0.15) is 62.0 Å². The first-order valence-corrected chi connectivity index (χ1v) is 12.6. The number of aryl methyl sites for hydroxylation is 1. The number of rotatable bonds is 7. The van der Waals surface area contributed by atoms with Gasteiger partial charge in [0.05, 0.1) is 5.56 Å². The molecule has 2 heterocycles. The first-order chi connectivity index (χ1) is 16.0. The molecular weight excluding hydrogens is 428 g/mol. The molecular formula is C27H32N4OS. The van der Waals surface area contributed by atoms with Crippen LogP contribution in [0.4, 0.5) is 0 Å². The molecule has 0 saturated carbocycles. The Morgan fingerprint density at radius 2 is 1.91 bits per heavy atom. The lowest BCUT2D eigenvalue weighted by Gasteiger charge is -2.21. The van der Waals surface area contributed by atoms with E-state index in [1.807, 2.05) is 12.1 Å². The van der Waals surface area contributed by atoms with Crippen molar-refractivity contribution in [3.05, 3.63) is 74.9 Å². The van der Waals surface area contributed by atoms with Crippen molar-refractivity contribution in [2.75, 3.05) is 0 Å². The van der Waals surface area contributed by atoms with E-state index in [0.717, 1.165) is 40.5 Å². The summed E-state index contributed by atoms with van der Waals surface area (Å²) >= 11 is 1.65. The van der Waals surface area contributed by atoms with Gasteiger partial charge in [0, 0.05) is 21.0 Å². The monoisotopic (exact) mass is 460 g/mol. The number of hydrogen-bond acceptors (Lipinski definition) is 4. The Labute approximate surface area is 199 Å². The maximum Gasteiger partial charge on any atom is 0.260 e. The van der Waals surface area contributed by atoms with E-state index < -0.39 is 0 Å². The van der Waals surface area contributed by atoms with Gasteiger partial charge in [-0.3, -0.25) is 4.79 Å². The number of hydrazone groups is 1. The van der Waals surface area contributed by atoms with Gasteiger partial charge in [0.25, 0.3) is 5.56 Å². The molecule has 0 amide bonds. The topological polar surface area (TPSA) is 97.3 Å². The average molecular weight is 461 g/mol. The van der Waals surface area contributed by atoms with E-state index in [4.69, 9.17) is 11.6 Å². The van der Waals surface area contributed by atoms with E-state index in [1.54, 1.807) is 11.3 Å². The molecule has 6 heteroatoms. The normalized spacial score (nSPS) is 16.6. The van der Waals surface area contributed by atoms with Crippen molar-refractivity contribution in [3.8, 4) is 21.7 Å². The summed E-state index contributed by atoms with van der Waals surface area (Å²) in [5.74, 6) is 6.28. The summed E-state index contributed by atoms with van der Waals surface area (Å²) in [6.45, 7) is 4.38. The van der Waals surface area contributed by atoms with E-state index >= 15 is 0 Å². The van der Waals surface area contributed by atoms with Gasteiger partial charge in [-0.2, -0.15) is 5.10 Å². The van der Waals surface area contributed by atoms with Crippen molar-refractivity contribution in [2.45, 2.75) is 52.4 Å². The van der Waals surface area contributed by atoms with Crippen LogP contribution in [0.5, 0.6) is 0 Å². The summed E-state index contributed by atoms with van der Waals surface area (Å²) < 4.78 is 0. The zero-order valence-electron chi connectivity index (χ0n) is 19.4. The van der Waals surface area contributed by atoms with Crippen molar-refractivity contribution in [2.24, 2.45) is 22.6 Å². The van der Waals surface area contributed by atoms with Gasteiger partial charge in [0.2, 0.25) is 0 Å². The largest absolute Gasteiger partial charge is 0.382 e. The van der Waals surface area contributed by atoms with E-state index in [1.165, 1.54) is 41.7 Å². The van der Waals surface area contributed by atoms with Gasteiger partial charge in [-0.1, -0.05) is 57.0 Å². The summed E-state index contributed by atoms with van der Waals surface area (Å²) in [6.07, 6.45) is 9.50. The van der Waals surface area contributed by atoms with E-state index in [2.05, 4.69) is 60.3 Å². The minimum absolute atomic E-state index is 0.0326. The first kappa shape index (κ1) is 23.1. The molecule has 0 spiro atoms. The van der Waals surface area contributed by atoms with Crippen LogP contribution in [-0.2, 0) is 6.42 Å². The van der Waals surface area contributed by atoms with Crippen LogP contribution >= 0.6 is 11.3 Å². The Morgan fingerprint density at radius 1 is 1.15 bits per heavy atom. The summed E-state index contributed by atoms with van der Waals surface area (Å²) in [6, 6.07) is 14.6. The molecule has 3 aromatic rings. The highest BCUT2D eigenvalue weighted by Crippen LogP contribution is 2.34. The average Bonchev–Trinajstić information content (AvgIpc) is 3.33. The molecule has 0 radical (unpaired) electrons. The second kappa shape index (κ2) is 10.2. The van der Waals surface area contributed by atoms with Crippen LogP contribution in [0.2, 0.25) is 0 Å². The van der Waals surface area contributed by atoms with E-state index in [0.29, 0.717) is 5.56 Å². The van der Waals surface area contributed by atoms with Crippen LogP contribution < -0.4 is 17.1 Å². The summed E-state index contributed by atoms with van der Waals surface area (Å²) in [5, 5.41) is 3.59. The highest BCUT2D eigenvalue weighted by atomic mass is 32.1. The van der Waals surface area contributed by atoms with Crippen LogP contribution in [0.3, 0.4) is 0 Å². The second-order valence-corrected chi connectivity index (χ2v) is 9.84. The number of nitrogens with zero attached hydrogens (tertiary/aromatic N) is 1. The van der Waals surface area contributed by atoms with Gasteiger partial charge in [-0.15, -0.1) is 11.3 Å². The third kappa shape index (κ3) is 4.96. The number of thiophene rings is 1. The van der Waals surface area contributed by atoms with Crippen LogP contribution in [0.15, 0.2) is 58.4 Å². The number of hydrogen-bond donors (Lipinski definition) is 3. The lowest BCUT2D eigenvalue weighted by atomic mass is 9.84. The van der Waals surface area contributed by atoms with Gasteiger partial charge in [0.15, 0.2) is 5.84 Å². The van der Waals surface area contributed by atoms with Gasteiger partial charge in [0.1, 0.15) is 0 Å². The number of amidine groups is 1. The van der Waals surface area contributed by atoms with Crippen molar-refractivity contribution in [1.82, 2.24) is 4.98 Å². The molecule has 2 aromatic heterocycles. The highest BCUT2D eigenvalue weighted by molar-refractivity contribution is 7.15. The Balaban J connectivity index is 1.69. The molecule has 1 aromatic carbocycles. The number of allylic oxidation sites excluding steroid dienone is 2. The third-order valence-electron chi connectivity index (χ3n) is 6.49. The zero-order valence-corrected chi connectivity index (χ0v) is 20.2. The van der Waals surface area contributed by atoms with Gasteiger partial charge >= 0.3 is 0 Å². The molecule has 1 unspecified atom stereocenters. The number of nitrogens with one attached hydrogen (secondary N) is 1. The van der Waals surface area contributed by atoms with E-state index in [9.17, 15) is 4.79 Å². The minimum Gasteiger partial charge on any atom is -0.382 e. The predicted molar refractivity (Wildman–Crippen MR) is 140 cm³/mol. The minimum atomic E-state index is -0.290. The number of nitrogens with two attached hydrogens (primary N) is 2. The predicted octanol–water partition coefficient (Wildman–Crippen LogP) is 5.90. The molecule has 0 saturated heterocycles. The van der Waals surface area contributed by atoms with Gasteiger partial charge in [-0.05, 0) is 66.5 Å². The molecule has 1 aliphatic carbocycles. The van der Waals surface area contributed by atoms with Crippen LogP contribution in [0.25, 0.3) is 27.3 Å². The van der Waals surface area contributed by atoms with Gasteiger partial charge < -0.3 is 16.6 Å². The molecule has 1 atom stereocenters. The number of benzene rings is 1. The van der Waals surface area contributed by atoms with Crippen LogP contribution in [-0.4, -0.2) is 10.8 Å². The quantitative estimate of drug-likeness (QED) is 0.177. The lowest BCUT2D eigenvalue weighted by molar-refractivity contribution is 0.445. The molecule has 1 aliphatic rings. The zero-order chi connectivity index (χ0) is 23.4. The summed E-state index contributed by atoms with van der Waals surface area (Å²) in [4.78, 5) is 18.2. The Hall–Kier alpha value is -3.12. The SMILES string of the molecule is CCCC1CC=C(c2ccc(-c3cc(-c4ccc(CC)s4)c(/C(N)=N/N)c(=O)[nH]3)cc2)CC1. The maximum atomic E-state index is 13.0. The fourth-order valence-electron chi connectivity index (χ4n) is 4.63. The van der Waals surface area contributed by atoms with Crippen molar-refractivity contribution >= 4 is 22.7 Å². The Kier molecular flexibility index (Phi) is 7.14. The fourth-order valence-corrected chi connectivity index (χ4v) is 5.60. The molecule has 5 nitrogen and oxygen atoms in total. The molecule has 0 aliphatic heterocycles. The highest BCUT2D eigenvalue weighted by Gasteiger charge is 2.18. The molecule has 4 rings (SSSR count). The van der Waals surface area contributed by atoms with Crippen LogP contribution in [0, 0.1) is 5.92 Å². The second-order valence-electron chi connectivity index (χ2n) is 8.67. The molecule has 172 valence electrons. The summed E-state index contributed by atoms with van der Waals surface area (Å²) in [7, 11) is 0. The standard InChI is InChI=1S/C27H32N4OS/c1-3-5-17-6-8-18(9-7-17)19-10-12-20(13-11-19)23-16-22(24-15-14-21(4-2)33-24)25(26(28)31-29)27(32)30-23/h8,10-17H,3-7,9,29H2,1-2H3,(H2,28,31)(H,30,32). The first-order valence-electron chi connectivity index (χ1n) is 11.7. The Bertz CT molecular complexity index is 1230. The molecule has 0 fully saturated rings. The smallest absolute Gasteiger partial charge is 0.260 e. The van der Waals surface area contributed by atoms with Crippen molar-refractivity contribution in [1.29, 1.82) is 0 Å². The molecule has 5 N–H and O–H groups in total. The maximum absolute atomic E-state index is 13.0. The summed E-state index contributed by atoms with van der Waals surface area (Å²) in [5.41, 5.74) is 11.2. The van der Waals surface area contributed by atoms with Gasteiger partial charge in [-0.25, -0.2) is 0 Å². The lowest BCUT2D eigenvalue weighted by Crippen LogP contribution is -2.27. The molecule has 33 heavy (non-hydrogen) atoms. The third-order valence-corrected chi connectivity index (χ3v) is 7.75. The number of aromatic nitrogens is 1. The number of H-pyrrole nitrogens is 1. The number of aromatic amines is 1. The van der Waals surface area contributed by atoms with Crippen molar-refractivity contribution < 1.29 is 0 Å². The molecule has 0 bridgehead atoms. The Morgan fingerprint density at radius 3 is 2.52 bits per heavy atom. The van der Waals surface area contributed by atoms with Crippen molar-refractivity contribution in [3.63, 3.8) is 0 Å². The fraction of sp³-hybridized carbons (Fsp3) is 0.333. The van der Waals surface area contributed by atoms with E-state index in [-0.39, 0.29) is 11.4 Å².